The Morgan fingerprint density at radius 2 is 1.12 bits per heavy atom. The first kappa shape index (κ1) is 41.0. The molecule has 1 unspecified atom stereocenters. The molecule has 0 spiro atoms. The van der Waals surface area contributed by atoms with E-state index in [1.807, 2.05) is 6.07 Å². The number of hydrogen-bond donors (Lipinski definition) is 1. The van der Waals surface area contributed by atoms with Crippen LogP contribution in [0.2, 0.25) is 0 Å². The zero-order chi connectivity index (χ0) is 29.2. The van der Waals surface area contributed by atoms with Gasteiger partial charge in [-0.2, -0.15) is 28.2 Å². The number of benzene rings is 3. The van der Waals surface area contributed by atoms with Gasteiger partial charge in [0.1, 0.15) is 5.01 Å². The molecule has 0 aliphatic rings. The molecule has 0 saturated carbocycles. The first-order valence-corrected chi connectivity index (χ1v) is 14.2. The van der Waals surface area contributed by atoms with E-state index < -0.39 is 0 Å². The molecule has 0 aliphatic carbocycles. The van der Waals surface area contributed by atoms with Gasteiger partial charge in [-0.3, -0.25) is 0 Å². The fourth-order valence-electron chi connectivity index (χ4n) is 3.86. The molecule has 1 atom stereocenters. The van der Waals surface area contributed by atoms with Gasteiger partial charge in [0.2, 0.25) is 0 Å². The first-order chi connectivity index (χ1) is 18.9. The molecular formula is C34H49HfN5S-4. The maximum absolute atomic E-state index is 5.39. The van der Waals surface area contributed by atoms with E-state index in [1.54, 1.807) is 39.5 Å². The summed E-state index contributed by atoms with van der Waals surface area (Å²) in [6.07, 6.45) is 0. The van der Waals surface area contributed by atoms with Crippen LogP contribution in [0.4, 0.5) is 5.69 Å². The molecule has 1 aromatic heterocycles. The van der Waals surface area contributed by atoms with Crippen LogP contribution in [-0.2, 0) is 25.8 Å². The topological polar surface area (TPSA) is 81.2 Å². The number of hydrogen-bond acceptors (Lipinski definition) is 3. The molecule has 5 nitrogen and oxygen atoms in total. The normalized spacial score (nSPS) is 10.3. The van der Waals surface area contributed by atoms with Crippen molar-refractivity contribution in [3.05, 3.63) is 130 Å². The van der Waals surface area contributed by atoms with Crippen LogP contribution in [0.15, 0.2) is 84.2 Å². The summed E-state index contributed by atoms with van der Waals surface area (Å²) in [7, 11) is 8.50. The van der Waals surface area contributed by atoms with Gasteiger partial charge in [0.25, 0.3) is 0 Å². The number of aromatic nitrogens is 1. The molecule has 0 radical (unpaired) electrons. The predicted molar refractivity (Wildman–Crippen MR) is 180 cm³/mol. The van der Waals surface area contributed by atoms with Crippen molar-refractivity contribution < 1.29 is 25.8 Å². The Morgan fingerprint density at radius 1 is 0.683 bits per heavy atom. The number of rotatable bonds is 7. The second-order valence-corrected chi connectivity index (χ2v) is 10.2. The molecule has 0 saturated heterocycles. The molecule has 0 fully saturated rings. The van der Waals surface area contributed by atoms with Crippen molar-refractivity contribution in [2.45, 2.75) is 45.6 Å². The van der Waals surface area contributed by atoms with Gasteiger partial charge in [-0.15, -0.1) is 17.0 Å². The minimum atomic E-state index is -0.132. The predicted octanol–water partition coefficient (Wildman–Crippen LogP) is 10.1. The molecule has 0 amide bonds. The molecule has 0 bridgehead atoms. The second kappa shape index (κ2) is 23.4. The third kappa shape index (κ3) is 13.1. The van der Waals surface area contributed by atoms with Gasteiger partial charge in [-0.05, 0) is 24.9 Å². The summed E-state index contributed by atoms with van der Waals surface area (Å²) in [5.41, 5.74) is 11.5. The van der Waals surface area contributed by atoms with Gasteiger partial charge < -0.3 is 29.1 Å². The molecule has 1 heterocycles. The average molecular weight is 738 g/mol. The van der Waals surface area contributed by atoms with Gasteiger partial charge in [0.15, 0.2) is 0 Å². The van der Waals surface area contributed by atoms with Crippen molar-refractivity contribution in [1.29, 1.82) is 0 Å². The SMILES string of the molecule is CC(C)c1cccc(C(C)C)c1[N-]C(c1ccccc1)c1csc(-c2ccccc2)n1.CN.C[N-]C.C[N-]C.[CH3-].[Hf]. The third-order valence-corrected chi connectivity index (χ3v) is 6.45. The van der Waals surface area contributed by atoms with E-state index in [1.165, 1.54) is 23.7 Å². The van der Waals surface area contributed by atoms with Gasteiger partial charge >= 0.3 is 0 Å². The summed E-state index contributed by atoms with van der Waals surface area (Å²) in [6, 6.07) is 27.4. The molecule has 7 heteroatoms. The largest absolute Gasteiger partial charge is 0.673 e. The molecule has 0 aliphatic heterocycles. The first-order valence-electron chi connectivity index (χ1n) is 13.3. The van der Waals surface area contributed by atoms with E-state index in [0.29, 0.717) is 11.8 Å². The van der Waals surface area contributed by atoms with Crippen molar-refractivity contribution >= 4 is 17.0 Å². The average Bonchev–Trinajstić information content (AvgIpc) is 3.44. The molecule has 2 N–H and O–H groups in total. The number of nitrogens with two attached hydrogens (primary N) is 1. The summed E-state index contributed by atoms with van der Waals surface area (Å²) in [5.74, 6) is 0.813. The van der Waals surface area contributed by atoms with E-state index in [4.69, 9.17) is 10.3 Å². The molecule has 4 aromatic rings. The third-order valence-electron chi connectivity index (χ3n) is 5.54. The smallest absolute Gasteiger partial charge is 0.123 e. The van der Waals surface area contributed by atoms with E-state index in [0.717, 1.165) is 22.0 Å². The van der Waals surface area contributed by atoms with Crippen LogP contribution in [0.3, 0.4) is 0 Å². The van der Waals surface area contributed by atoms with Crippen LogP contribution in [0.1, 0.15) is 68.0 Å². The van der Waals surface area contributed by atoms with Crippen LogP contribution in [0.5, 0.6) is 0 Å². The maximum atomic E-state index is 5.39. The zero-order valence-electron chi connectivity index (χ0n) is 26.6. The van der Waals surface area contributed by atoms with Crippen LogP contribution in [-0.4, -0.2) is 40.2 Å². The molecular weight excluding hydrogens is 689 g/mol. The van der Waals surface area contributed by atoms with Crippen LogP contribution >= 0.6 is 11.3 Å². The standard InChI is InChI=1S/C28H29N2S.2C2H6N.CH5N.CH3.Hf/c1-19(2)23-16-11-17-24(20(3)4)27(23)30-26(21-12-7-5-8-13-21)25-18-31-28(29-25)22-14-9-6-10-15-22;2*1-3-2;1-2;;/h5-20,26H,1-4H3;2*1-2H3;2H2,1H3;1H3;/q3*-1;;-1;. The quantitative estimate of drug-likeness (QED) is 0.151. The van der Waals surface area contributed by atoms with Crippen LogP contribution < -0.4 is 5.73 Å². The Labute approximate surface area is 273 Å². The Kier molecular flexibility index (Phi) is 23.4. The minimum absolute atomic E-state index is 0. The fourth-order valence-corrected chi connectivity index (χ4v) is 4.71. The maximum Gasteiger partial charge on any atom is 0.123 e. The van der Waals surface area contributed by atoms with E-state index in [-0.39, 0.29) is 39.3 Å². The van der Waals surface area contributed by atoms with Crippen molar-refractivity contribution in [3.8, 4) is 10.6 Å². The zero-order valence-corrected chi connectivity index (χ0v) is 31.0. The summed E-state index contributed by atoms with van der Waals surface area (Å²) in [4.78, 5) is 5.03. The molecule has 224 valence electrons. The van der Waals surface area contributed by atoms with Gasteiger partial charge in [-0.25, -0.2) is 4.98 Å². The van der Waals surface area contributed by atoms with Crippen molar-refractivity contribution in [2.24, 2.45) is 5.73 Å². The van der Waals surface area contributed by atoms with Gasteiger partial charge in [0, 0.05) is 42.5 Å². The van der Waals surface area contributed by atoms with Crippen LogP contribution in [0.25, 0.3) is 26.5 Å². The van der Waals surface area contributed by atoms with Crippen LogP contribution in [0, 0.1) is 7.43 Å². The van der Waals surface area contributed by atoms with E-state index >= 15 is 0 Å². The molecule has 3 aromatic carbocycles. The van der Waals surface area contributed by atoms with Crippen molar-refractivity contribution in [3.63, 3.8) is 0 Å². The van der Waals surface area contributed by atoms with Crippen molar-refractivity contribution in [2.75, 3.05) is 35.2 Å². The number of nitrogens with zero attached hydrogens (tertiary/aromatic N) is 4. The van der Waals surface area contributed by atoms with E-state index in [9.17, 15) is 0 Å². The monoisotopic (exact) mass is 739 g/mol. The Hall–Kier alpha value is -2.16. The fraction of sp³-hybridized carbons (Fsp3) is 0.353. The Bertz CT molecular complexity index is 1140. The Morgan fingerprint density at radius 3 is 1.56 bits per heavy atom. The Balaban J connectivity index is 0. The summed E-state index contributed by atoms with van der Waals surface area (Å²) in [6.45, 7) is 8.97. The summed E-state index contributed by atoms with van der Waals surface area (Å²) in [5, 5.41) is 15.6. The number of thiazole rings is 1. The summed E-state index contributed by atoms with van der Waals surface area (Å²) >= 11 is 1.69. The molecule has 4 rings (SSSR count). The number of para-hydroxylation sites is 1. The van der Waals surface area contributed by atoms with Gasteiger partial charge in [-0.1, -0.05) is 123 Å². The minimum Gasteiger partial charge on any atom is -0.673 e. The summed E-state index contributed by atoms with van der Waals surface area (Å²) < 4.78 is 0. The second-order valence-electron chi connectivity index (χ2n) is 9.37. The van der Waals surface area contributed by atoms with Gasteiger partial charge in [0.05, 0.1) is 0 Å². The van der Waals surface area contributed by atoms with Crippen molar-refractivity contribution in [1.82, 2.24) is 4.98 Å². The molecule has 41 heavy (non-hydrogen) atoms. The van der Waals surface area contributed by atoms with E-state index in [2.05, 4.69) is 122 Å².